The van der Waals surface area contributed by atoms with Gasteiger partial charge in [0.15, 0.2) is 0 Å². The van der Waals surface area contributed by atoms with E-state index in [9.17, 15) is 13.2 Å². The Labute approximate surface area is 110 Å². The van der Waals surface area contributed by atoms with Crippen LogP contribution in [0.25, 0.3) is 0 Å². The van der Waals surface area contributed by atoms with Crippen LogP contribution in [0.4, 0.5) is 0 Å². The lowest BCUT2D eigenvalue weighted by molar-refractivity contribution is 0.447. The van der Waals surface area contributed by atoms with Crippen molar-refractivity contribution in [3.05, 3.63) is 20.7 Å². The maximum Gasteiger partial charge on any atom is 0.304 e. The van der Waals surface area contributed by atoms with Crippen LogP contribution in [0, 0.1) is 0 Å². The van der Waals surface area contributed by atoms with Crippen molar-refractivity contribution in [3.8, 4) is 0 Å². The second-order valence-corrected chi connectivity index (χ2v) is 6.48. The summed E-state index contributed by atoms with van der Waals surface area (Å²) >= 11 is 1.01. The Morgan fingerprint density at radius 3 is 2.78 bits per heavy atom. The van der Waals surface area contributed by atoms with Crippen LogP contribution in [0.15, 0.2) is 10.2 Å². The maximum atomic E-state index is 11.8. The van der Waals surface area contributed by atoms with E-state index in [1.54, 1.807) is 5.38 Å². The van der Waals surface area contributed by atoms with Crippen molar-refractivity contribution in [1.82, 2.24) is 19.3 Å². The van der Waals surface area contributed by atoms with E-state index in [0.29, 0.717) is 12.2 Å². The average Bonchev–Trinajstić information content (AvgIpc) is 2.73. The van der Waals surface area contributed by atoms with Gasteiger partial charge in [0.2, 0.25) is 0 Å². The lowest BCUT2D eigenvalue weighted by Gasteiger charge is -2.17. The molecule has 0 aliphatic carbocycles. The van der Waals surface area contributed by atoms with Gasteiger partial charge >= 0.3 is 4.87 Å². The molecular formula is C9H18N4O3S2. The second kappa shape index (κ2) is 7.00. The summed E-state index contributed by atoms with van der Waals surface area (Å²) in [6.07, 6.45) is 0.739. The van der Waals surface area contributed by atoms with Gasteiger partial charge in [0.05, 0.1) is 6.54 Å². The van der Waals surface area contributed by atoms with Crippen LogP contribution in [-0.2, 0) is 16.8 Å². The molecular weight excluding hydrogens is 276 g/mol. The molecule has 0 aliphatic rings. The third kappa shape index (κ3) is 4.86. The highest BCUT2D eigenvalue weighted by atomic mass is 32.2. The van der Waals surface area contributed by atoms with E-state index in [4.69, 9.17) is 0 Å². The van der Waals surface area contributed by atoms with Crippen molar-refractivity contribution in [2.24, 2.45) is 0 Å². The minimum atomic E-state index is -3.49. The fourth-order valence-corrected chi connectivity index (χ4v) is 2.79. The van der Waals surface area contributed by atoms with E-state index in [0.717, 1.165) is 24.3 Å². The highest BCUT2D eigenvalue weighted by molar-refractivity contribution is 7.87. The summed E-state index contributed by atoms with van der Waals surface area (Å²) in [5.74, 6) is 0. The van der Waals surface area contributed by atoms with Crippen molar-refractivity contribution in [2.45, 2.75) is 13.0 Å². The quantitative estimate of drug-likeness (QED) is 0.553. The average molecular weight is 294 g/mol. The molecule has 1 rings (SSSR count). The monoisotopic (exact) mass is 294 g/mol. The molecule has 1 aromatic rings. The molecule has 18 heavy (non-hydrogen) atoms. The van der Waals surface area contributed by atoms with E-state index >= 15 is 0 Å². The van der Waals surface area contributed by atoms with E-state index < -0.39 is 10.2 Å². The topological polar surface area (TPSA) is 94.3 Å². The number of hydrogen-bond acceptors (Lipinski definition) is 5. The number of thiazole rings is 1. The second-order valence-electron chi connectivity index (χ2n) is 3.78. The van der Waals surface area contributed by atoms with Crippen molar-refractivity contribution < 1.29 is 8.42 Å². The summed E-state index contributed by atoms with van der Waals surface area (Å²) in [5.41, 5.74) is 0.567. The molecule has 3 N–H and O–H groups in total. The number of rotatable bonds is 8. The van der Waals surface area contributed by atoms with Crippen molar-refractivity contribution in [3.63, 3.8) is 0 Å². The highest BCUT2D eigenvalue weighted by Crippen LogP contribution is 1.99. The van der Waals surface area contributed by atoms with Gasteiger partial charge in [-0.05, 0) is 20.0 Å². The van der Waals surface area contributed by atoms with Crippen LogP contribution in [0.5, 0.6) is 0 Å². The largest absolute Gasteiger partial charge is 0.320 e. The number of aromatic amines is 1. The standard InChI is InChI=1S/C9H18N4O3S2/c1-10-4-3-5-13(2)18(15,16)11-6-8-7-17-9(14)12-8/h7,10-11H,3-6H2,1-2H3,(H,12,14). The molecule has 0 spiro atoms. The van der Waals surface area contributed by atoms with Gasteiger partial charge in [-0.25, -0.2) is 0 Å². The molecule has 0 bridgehead atoms. The van der Waals surface area contributed by atoms with Gasteiger partial charge in [-0.3, -0.25) is 4.79 Å². The molecule has 9 heteroatoms. The lowest BCUT2D eigenvalue weighted by atomic mass is 10.4. The van der Waals surface area contributed by atoms with E-state index in [2.05, 4.69) is 15.0 Å². The number of nitrogens with zero attached hydrogens (tertiary/aromatic N) is 1. The minimum Gasteiger partial charge on any atom is -0.320 e. The fourth-order valence-electron chi connectivity index (χ4n) is 1.28. The molecule has 0 saturated carbocycles. The summed E-state index contributed by atoms with van der Waals surface area (Å²) in [6, 6.07) is 0. The summed E-state index contributed by atoms with van der Waals surface area (Å²) < 4.78 is 27.3. The normalized spacial score (nSPS) is 12.2. The molecule has 1 heterocycles. The minimum absolute atomic E-state index is 0.0947. The van der Waals surface area contributed by atoms with Crippen LogP contribution in [0.2, 0.25) is 0 Å². The maximum absolute atomic E-state index is 11.8. The van der Waals surface area contributed by atoms with Gasteiger partial charge in [-0.15, -0.1) is 0 Å². The van der Waals surface area contributed by atoms with Crippen LogP contribution in [0.1, 0.15) is 12.1 Å². The SMILES string of the molecule is CNCCCN(C)S(=O)(=O)NCc1csc(=O)[nH]1. The Balaban J connectivity index is 2.46. The smallest absolute Gasteiger partial charge is 0.304 e. The fraction of sp³-hybridized carbons (Fsp3) is 0.667. The third-order valence-electron chi connectivity index (χ3n) is 2.33. The molecule has 104 valence electrons. The molecule has 0 amide bonds. The molecule has 0 atom stereocenters. The predicted molar refractivity (Wildman–Crippen MR) is 71.9 cm³/mol. The van der Waals surface area contributed by atoms with Gasteiger partial charge in [0, 0.05) is 24.7 Å². The van der Waals surface area contributed by atoms with Crippen LogP contribution >= 0.6 is 11.3 Å². The molecule has 1 aromatic heterocycles. The zero-order chi connectivity index (χ0) is 13.6. The molecule has 0 fully saturated rings. The summed E-state index contributed by atoms with van der Waals surface area (Å²) in [6.45, 7) is 1.30. The first kappa shape index (κ1) is 15.3. The van der Waals surface area contributed by atoms with Crippen molar-refractivity contribution in [1.29, 1.82) is 0 Å². The third-order valence-corrected chi connectivity index (χ3v) is 4.56. The molecule has 0 aliphatic heterocycles. The van der Waals surface area contributed by atoms with E-state index in [1.807, 2.05) is 7.05 Å². The predicted octanol–water partition coefficient (Wildman–Crippen LogP) is -0.688. The first-order valence-corrected chi connectivity index (χ1v) is 7.80. The molecule has 0 unspecified atom stereocenters. The molecule has 0 saturated heterocycles. The number of hydrogen-bond donors (Lipinski definition) is 3. The summed E-state index contributed by atoms with van der Waals surface area (Å²) in [4.78, 5) is 13.3. The van der Waals surface area contributed by atoms with Gasteiger partial charge in [-0.2, -0.15) is 17.4 Å². The van der Waals surface area contributed by atoms with E-state index in [-0.39, 0.29) is 11.4 Å². The van der Waals surface area contributed by atoms with Gasteiger partial charge in [0.1, 0.15) is 0 Å². The van der Waals surface area contributed by atoms with Gasteiger partial charge < -0.3 is 10.3 Å². The molecule has 0 radical (unpaired) electrons. The van der Waals surface area contributed by atoms with E-state index in [1.165, 1.54) is 11.4 Å². The van der Waals surface area contributed by atoms with Gasteiger partial charge in [0.25, 0.3) is 10.2 Å². The number of H-pyrrole nitrogens is 1. The number of aromatic nitrogens is 1. The van der Waals surface area contributed by atoms with Crippen molar-refractivity contribution >= 4 is 21.5 Å². The molecule has 7 nitrogen and oxygen atoms in total. The Morgan fingerprint density at radius 2 is 2.22 bits per heavy atom. The summed E-state index contributed by atoms with van der Waals surface area (Å²) in [7, 11) is -0.150. The highest BCUT2D eigenvalue weighted by Gasteiger charge is 2.16. The Bertz CT molecular complexity index is 508. The Hall–Kier alpha value is -0.740. The summed E-state index contributed by atoms with van der Waals surface area (Å²) in [5, 5.41) is 4.56. The number of nitrogens with one attached hydrogen (secondary N) is 3. The van der Waals surface area contributed by atoms with Crippen LogP contribution in [0.3, 0.4) is 0 Å². The van der Waals surface area contributed by atoms with Crippen LogP contribution in [-0.4, -0.2) is 44.9 Å². The zero-order valence-corrected chi connectivity index (χ0v) is 12.0. The Morgan fingerprint density at radius 1 is 1.50 bits per heavy atom. The zero-order valence-electron chi connectivity index (χ0n) is 10.4. The Kier molecular flexibility index (Phi) is 5.96. The van der Waals surface area contributed by atoms with Gasteiger partial charge in [-0.1, -0.05) is 11.3 Å². The van der Waals surface area contributed by atoms with Crippen LogP contribution < -0.4 is 14.9 Å². The lowest BCUT2D eigenvalue weighted by Crippen LogP contribution is -2.39. The first-order valence-electron chi connectivity index (χ1n) is 5.48. The first-order chi connectivity index (χ1) is 8.45. The molecule has 0 aromatic carbocycles. The van der Waals surface area contributed by atoms with Crippen molar-refractivity contribution in [2.75, 3.05) is 27.2 Å².